The van der Waals surface area contributed by atoms with Gasteiger partial charge in [-0.2, -0.15) is 0 Å². The van der Waals surface area contributed by atoms with E-state index in [9.17, 15) is 4.79 Å². The van der Waals surface area contributed by atoms with Crippen molar-refractivity contribution < 1.29 is 4.79 Å². The number of nitrogens with one attached hydrogen (secondary N) is 1. The van der Waals surface area contributed by atoms with E-state index < -0.39 is 0 Å². The first-order valence-electron chi connectivity index (χ1n) is 6.23. The number of aromatic nitrogens is 1. The van der Waals surface area contributed by atoms with Crippen LogP contribution in [0.1, 0.15) is 20.2 Å². The van der Waals surface area contributed by atoms with Gasteiger partial charge >= 0.3 is 0 Å². The van der Waals surface area contributed by atoms with Crippen molar-refractivity contribution in [3.63, 3.8) is 0 Å². The molecule has 1 amide bonds. The Labute approximate surface area is 122 Å². The minimum Gasteiger partial charge on any atom is -0.399 e. The first-order chi connectivity index (χ1) is 9.47. The Bertz CT molecular complexity index is 621. The fourth-order valence-corrected chi connectivity index (χ4v) is 2.59. The van der Waals surface area contributed by atoms with Crippen molar-refractivity contribution in [2.45, 2.75) is 13.5 Å². The zero-order chi connectivity index (χ0) is 14.7. The lowest BCUT2D eigenvalue weighted by Crippen LogP contribution is -2.25. The molecule has 20 heavy (non-hydrogen) atoms. The molecule has 0 aliphatic heterocycles. The fourth-order valence-electron chi connectivity index (χ4n) is 1.86. The molecule has 5 nitrogen and oxygen atoms in total. The highest BCUT2D eigenvalue weighted by Crippen LogP contribution is 2.21. The highest BCUT2D eigenvalue weighted by atomic mass is 32.1. The molecule has 0 radical (unpaired) electrons. The molecule has 0 fully saturated rings. The molecule has 2 aromatic rings. The Morgan fingerprint density at radius 2 is 2.20 bits per heavy atom. The Morgan fingerprint density at radius 1 is 1.45 bits per heavy atom. The number of anilines is 2. The van der Waals surface area contributed by atoms with Crippen LogP contribution in [0.3, 0.4) is 0 Å². The van der Waals surface area contributed by atoms with E-state index in [0.29, 0.717) is 17.8 Å². The summed E-state index contributed by atoms with van der Waals surface area (Å²) in [5.74, 6) is -0.145. The number of carbonyl (C=O) groups excluding carboxylic acids is 1. The van der Waals surface area contributed by atoms with Gasteiger partial charge in [0.2, 0.25) is 0 Å². The van der Waals surface area contributed by atoms with Gasteiger partial charge in [0.1, 0.15) is 5.01 Å². The minimum absolute atomic E-state index is 0.145. The van der Waals surface area contributed by atoms with Gasteiger partial charge in [-0.05, 0) is 25.1 Å². The van der Waals surface area contributed by atoms with Crippen molar-refractivity contribution in [1.82, 2.24) is 10.3 Å². The minimum atomic E-state index is -0.145. The quantitative estimate of drug-likeness (QED) is 0.845. The van der Waals surface area contributed by atoms with Crippen LogP contribution in [0.2, 0.25) is 0 Å². The molecule has 106 valence electrons. The highest BCUT2D eigenvalue weighted by Gasteiger charge is 2.13. The standard InChI is InChI=1S/C14H18N4OS/c1-9-7-16-13(20-9)8-17-14(19)11-6-10(15)4-5-12(11)18(2)3/h4-7H,8,15H2,1-3H3,(H,17,19). The van der Waals surface area contributed by atoms with Crippen molar-refractivity contribution in [2.24, 2.45) is 0 Å². The molecule has 0 unspecified atom stereocenters. The average molecular weight is 290 g/mol. The first kappa shape index (κ1) is 14.3. The third-order valence-corrected chi connectivity index (χ3v) is 3.73. The molecule has 2 rings (SSSR count). The number of nitrogens with two attached hydrogens (primary N) is 1. The number of aryl methyl sites for hydroxylation is 1. The van der Waals surface area contributed by atoms with Gasteiger partial charge in [-0.3, -0.25) is 4.79 Å². The van der Waals surface area contributed by atoms with Crippen LogP contribution < -0.4 is 16.0 Å². The average Bonchev–Trinajstić information content (AvgIpc) is 2.81. The second-order valence-electron chi connectivity index (χ2n) is 4.72. The summed E-state index contributed by atoms with van der Waals surface area (Å²) < 4.78 is 0. The zero-order valence-electron chi connectivity index (χ0n) is 11.8. The van der Waals surface area contributed by atoms with E-state index in [1.807, 2.05) is 32.0 Å². The van der Waals surface area contributed by atoms with Crippen LogP contribution in [-0.2, 0) is 6.54 Å². The zero-order valence-corrected chi connectivity index (χ0v) is 12.6. The summed E-state index contributed by atoms with van der Waals surface area (Å²) in [4.78, 5) is 19.5. The van der Waals surface area contributed by atoms with Gasteiger partial charge in [0.25, 0.3) is 5.91 Å². The third kappa shape index (κ3) is 3.27. The van der Waals surface area contributed by atoms with E-state index in [2.05, 4.69) is 10.3 Å². The maximum absolute atomic E-state index is 12.3. The number of nitrogen functional groups attached to an aromatic ring is 1. The molecule has 1 aromatic heterocycles. The summed E-state index contributed by atoms with van der Waals surface area (Å²) in [7, 11) is 3.79. The van der Waals surface area contributed by atoms with Crippen molar-refractivity contribution in [1.29, 1.82) is 0 Å². The Morgan fingerprint density at radius 3 is 2.80 bits per heavy atom. The number of hydrogen-bond donors (Lipinski definition) is 2. The summed E-state index contributed by atoms with van der Waals surface area (Å²) in [6.07, 6.45) is 1.80. The maximum Gasteiger partial charge on any atom is 0.253 e. The van der Waals surface area contributed by atoms with Gasteiger partial charge in [0.15, 0.2) is 0 Å². The van der Waals surface area contributed by atoms with Crippen LogP contribution in [0.25, 0.3) is 0 Å². The second-order valence-corrected chi connectivity index (χ2v) is 6.04. The lowest BCUT2D eigenvalue weighted by atomic mass is 10.1. The molecular formula is C14H18N4OS. The van der Waals surface area contributed by atoms with Gasteiger partial charge in [-0.15, -0.1) is 11.3 Å². The lowest BCUT2D eigenvalue weighted by molar-refractivity contribution is 0.0951. The Balaban J connectivity index is 2.14. The summed E-state index contributed by atoms with van der Waals surface area (Å²) in [5, 5.41) is 3.77. The van der Waals surface area contributed by atoms with E-state index in [0.717, 1.165) is 15.6 Å². The van der Waals surface area contributed by atoms with Gasteiger partial charge < -0.3 is 16.0 Å². The monoisotopic (exact) mass is 290 g/mol. The smallest absolute Gasteiger partial charge is 0.253 e. The molecule has 3 N–H and O–H groups in total. The molecule has 0 saturated heterocycles. The summed E-state index contributed by atoms with van der Waals surface area (Å²) in [6.45, 7) is 2.42. The molecule has 0 saturated carbocycles. The fraction of sp³-hybridized carbons (Fsp3) is 0.286. The van der Waals surface area contributed by atoms with Crippen LogP contribution >= 0.6 is 11.3 Å². The number of benzene rings is 1. The molecule has 0 aliphatic rings. The summed E-state index contributed by atoms with van der Waals surface area (Å²) in [6, 6.07) is 5.33. The van der Waals surface area contributed by atoms with Gasteiger partial charge in [-0.1, -0.05) is 0 Å². The van der Waals surface area contributed by atoms with Crippen molar-refractivity contribution in [3.05, 3.63) is 39.8 Å². The lowest BCUT2D eigenvalue weighted by Gasteiger charge is -2.17. The topological polar surface area (TPSA) is 71.2 Å². The molecule has 1 aromatic carbocycles. The Hall–Kier alpha value is -2.08. The normalized spacial score (nSPS) is 10.3. The van der Waals surface area contributed by atoms with Crippen LogP contribution in [0.15, 0.2) is 24.4 Å². The summed E-state index contributed by atoms with van der Waals surface area (Å²) >= 11 is 1.58. The van der Waals surface area contributed by atoms with Crippen LogP contribution in [0.5, 0.6) is 0 Å². The van der Waals surface area contributed by atoms with Crippen molar-refractivity contribution in [2.75, 3.05) is 24.7 Å². The van der Waals surface area contributed by atoms with Crippen LogP contribution in [-0.4, -0.2) is 25.0 Å². The van der Waals surface area contributed by atoms with Gasteiger partial charge in [0.05, 0.1) is 12.1 Å². The highest BCUT2D eigenvalue weighted by molar-refractivity contribution is 7.11. The Kier molecular flexibility index (Phi) is 4.24. The van der Waals surface area contributed by atoms with E-state index in [4.69, 9.17) is 5.73 Å². The number of rotatable bonds is 4. The van der Waals surface area contributed by atoms with E-state index in [1.165, 1.54) is 0 Å². The number of amides is 1. The maximum atomic E-state index is 12.3. The SMILES string of the molecule is Cc1cnc(CNC(=O)c2cc(N)ccc2N(C)C)s1. The van der Waals surface area contributed by atoms with Crippen molar-refractivity contribution >= 4 is 28.6 Å². The second kappa shape index (κ2) is 5.92. The van der Waals surface area contributed by atoms with Crippen LogP contribution in [0, 0.1) is 6.92 Å². The van der Waals surface area contributed by atoms with Crippen molar-refractivity contribution in [3.8, 4) is 0 Å². The number of nitrogens with zero attached hydrogens (tertiary/aromatic N) is 2. The third-order valence-electron chi connectivity index (χ3n) is 2.82. The molecule has 0 atom stereocenters. The predicted molar refractivity (Wildman–Crippen MR) is 83.2 cm³/mol. The van der Waals surface area contributed by atoms with Crippen LogP contribution in [0.4, 0.5) is 11.4 Å². The van der Waals surface area contributed by atoms with E-state index in [1.54, 1.807) is 29.7 Å². The number of hydrogen-bond acceptors (Lipinski definition) is 5. The van der Waals surface area contributed by atoms with E-state index >= 15 is 0 Å². The first-order valence-corrected chi connectivity index (χ1v) is 7.05. The largest absolute Gasteiger partial charge is 0.399 e. The molecule has 0 aliphatic carbocycles. The molecular weight excluding hydrogens is 272 g/mol. The number of thiazole rings is 1. The molecule has 0 bridgehead atoms. The van der Waals surface area contributed by atoms with Gasteiger partial charge in [-0.25, -0.2) is 4.98 Å². The molecule has 0 spiro atoms. The molecule has 6 heteroatoms. The van der Waals surface area contributed by atoms with Gasteiger partial charge in [0, 0.05) is 36.5 Å². The number of carbonyl (C=O) groups is 1. The predicted octanol–water partition coefficient (Wildman–Crippen LogP) is 2.03. The summed E-state index contributed by atoms with van der Waals surface area (Å²) in [5.41, 5.74) is 7.75. The van der Waals surface area contributed by atoms with E-state index in [-0.39, 0.29) is 5.91 Å². The molecule has 1 heterocycles.